The molecule has 0 atom stereocenters. The number of thiophene rings is 2. The Hall–Kier alpha value is -6.80. The molecule has 0 unspecified atom stereocenters. The summed E-state index contributed by atoms with van der Waals surface area (Å²) in [6.07, 6.45) is 0. The summed E-state index contributed by atoms with van der Waals surface area (Å²) >= 11 is 3.95. The largest absolute Gasteiger partial charge is 0.456 e. The van der Waals surface area contributed by atoms with Gasteiger partial charge in [-0.1, -0.05) is 114 Å². The Morgan fingerprint density at radius 3 is 1.30 bits per heavy atom. The molecule has 6 heterocycles. The molecule has 0 amide bonds. The summed E-state index contributed by atoms with van der Waals surface area (Å²) in [5, 5.41) is 4.83. The van der Waals surface area contributed by atoms with Crippen LogP contribution in [0, 0.1) is 34.6 Å². The predicted octanol–water partition coefficient (Wildman–Crippen LogP) is 17.2. The lowest BCUT2D eigenvalue weighted by Gasteiger charge is -2.44. The topological polar surface area (TPSA) is 32.8 Å². The number of fused-ring (bicyclic) bond motifs is 10. The zero-order valence-electron chi connectivity index (χ0n) is 41.8. The van der Waals surface area contributed by atoms with Gasteiger partial charge in [-0.25, -0.2) is 0 Å². The van der Waals surface area contributed by atoms with E-state index in [1.54, 1.807) is 0 Å². The molecule has 0 bridgehead atoms. The number of anilines is 6. The van der Waals surface area contributed by atoms with E-state index >= 15 is 0 Å². The summed E-state index contributed by atoms with van der Waals surface area (Å²) in [5.74, 6) is 1.77. The summed E-state index contributed by atoms with van der Waals surface area (Å²) in [6, 6.07) is 49.6. The van der Waals surface area contributed by atoms with E-state index in [0.717, 1.165) is 44.6 Å². The van der Waals surface area contributed by atoms with Crippen LogP contribution in [-0.4, -0.2) is 6.71 Å². The number of para-hydroxylation sites is 2. The van der Waals surface area contributed by atoms with Crippen LogP contribution in [0.25, 0.3) is 64.8 Å². The van der Waals surface area contributed by atoms with Crippen molar-refractivity contribution >= 4 is 121 Å². The summed E-state index contributed by atoms with van der Waals surface area (Å²) in [5.41, 5.74) is 21.5. The molecule has 7 heteroatoms. The van der Waals surface area contributed by atoms with Gasteiger partial charge in [-0.05, 0) is 151 Å². The van der Waals surface area contributed by atoms with Crippen molar-refractivity contribution in [3.63, 3.8) is 0 Å². The first-order valence-electron chi connectivity index (χ1n) is 24.6. The minimum Gasteiger partial charge on any atom is -0.456 e. The second-order valence-electron chi connectivity index (χ2n) is 22.0. The molecule has 2 aliphatic heterocycles. The lowest BCUT2D eigenvalue weighted by molar-refractivity contribution is 0.591. The lowest BCUT2D eigenvalue weighted by Crippen LogP contribution is -2.59. The monoisotopic (exact) mass is 946 g/mol. The second-order valence-corrected chi connectivity index (χ2v) is 24.1. The Morgan fingerprint density at radius 2 is 0.886 bits per heavy atom. The molecule has 2 aliphatic rings. The van der Waals surface area contributed by atoms with E-state index in [1.807, 2.05) is 22.7 Å². The Kier molecular flexibility index (Phi) is 9.33. The first kappa shape index (κ1) is 43.2. The minimum absolute atomic E-state index is 0.00686. The Labute approximate surface area is 418 Å². The standard InChI is InChI=1S/C63H55BN2O2S2/c1-34-28-47-55-48(29-34)66(57-36(3)21-25-44(38(57)5)52-31-40-17-13-15-19-50(40)68-52)59-46-33-42(63(9,10)11)23-27-54(46)70-61(59)64(55)60-58(45-32-41(62(6,7)8)22-26-53(45)69-60)65(47)56-35(2)20-24-43(37(56)4)51-30-39-16-12-14-18-49(39)67-51/h12-33H,1-11H3. The summed E-state index contributed by atoms with van der Waals surface area (Å²) in [6.45, 7) is 25.5. The highest BCUT2D eigenvalue weighted by Crippen LogP contribution is 2.54. The van der Waals surface area contributed by atoms with Crippen molar-refractivity contribution in [1.82, 2.24) is 0 Å². The van der Waals surface area contributed by atoms with Crippen molar-refractivity contribution < 1.29 is 8.83 Å². The Morgan fingerprint density at radius 1 is 0.457 bits per heavy atom. The van der Waals surface area contributed by atoms with Crippen LogP contribution in [0.15, 0.2) is 142 Å². The van der Waals surface area contributed by atoms with Crippen LogP contribution in [0.3, 0.4) is 0 Å². The van der Waals surface area contributed by atoms with Gasteiger partial charge in [0.1, 0.15) is 22.7 Å². The molecule has 0 fully saturated rings. The molecule has 70 heavy (non-hydrogen) atoms. The van der Waals surface area contributed by atoms with Crippen LogP contribution >= 0.6 is 22.7 Å². The Bertz CT molecular complexity index is 3690. The fourth-order valence-electron chi connectivity index (χ4n) is 11.6. The fraction of sp³-hybridized carbons (Fsp3) is 0.206. The summed E-state index contributed by atoms with van der Waals surface area (Å²) in [7, 11) is 0. The van der Waals surface area contributed by atoms with E-state index in [2.05, 4.69) is 219 Å². The van der Waals surface area contributed by atoms with Crippen LogP contribution < -0.4 is 24.8 Å². The molecule has 0 N–H and O–H groups in total. The van der Waals surface area contributed by atoms with Gasteiger partial charge in [0.05, 0.1) is 22.7 Å². The highest BCUT2D eigenvalue weighted by molar-refractivity contribution is 7.40. The first-order valence-corrected chi connectivity index (χ1v) is 26.2. The van der Waals surface area contributed by atoms with Crippen molar-refractivity contribution in [3.05, 3.63) is 172 Å². The molecule has 0 radical (unpaired) electrons. The normalized spacial score (nSPS) is 13.6. The van der Waals surface area contributed by atoms with Crippen molar-refractivity contribution in [3.8, 4) is 22.6 Å². The molecule has 13 rings (SSSR count). The van der Waals surface area contributed by atoms with Crippen LogP contribution in [0.4, 0.5) is 34.1 Å². The van der Waals surface area contributed by atoms with E-state index in [4.69, 9.17) is 8.83 Å². The van der Waals surface area contributed by atoms with Gasteiger partial charge in [0.15, 0.2) is 0 Å². The number of rotatable bonds is 4. The smallest absolute Gasteiger partial charge is 0.277 e. The summed E-state index contributed by atoms with van der Waals surface area (Å²) in [4.78, 5) is 5.33. The summed E-state index contributed by atoms with van der Waals surface area (Å²) < 4.78 is 18.7. The second kappa shape index (κ2) is 15.1. The van der Waals surface area contributed by atoms with Crippen molar-refractivity contribution in [2.45, 2.75) is 87.0 Å². The van der Waals surface area contributed by atoms with Gasteiger partial charge >= 0.3 is 0 Å². The molecular formula is C63H55BN2O2S2. The lowest BCUT2D eigenvalue weighted by atomic mass is 9.39. The average molecular weight is 947 g/mol. The van der Waals surface area contributed by atoms with Gasteiger partial charge < -0.3 is 18.6 Å². The van der Waals surface area contributed by atoms with Crippen LogP contribution in [0.1, 0.15) is 80.5 Å². The zero-order chi connectivity index (χ0) is 48.3. The van der Waals surface area contributed by atoms with Gasteiger partial charge in [-0.3, -0.25) is 0 Å². The maximum absolute atomic E-state index is 6.66. The molecule has 0 saturated carbocycles. The van der Waals surface area contributed by atoms with Crippen molar-refractivity contribution in [2.24, 2.45) is 0 Å². The van der Waals surface area contributed by atoms with Gasteiger partial charge in [-0.15, -0.1) is 22.7 Å². The van der Waals surface area contributed by atoms with E-state index in [1.165, 1.54) is 108 Å². The third-order valence-electron chi connectivity index (χ3n) is 15.2. The van der Waals surface area contributed by atoms with Crippen molar-refractivity contribution in [2.75, 3.05) is 9.80 Å². The number of aryl methyl sites for hydroxylation is 3. The fourth-order valence-corrected chi connectivity index (χ4v) is 14.3. The highest BCUT2D eigenvalue weighted by atomic mass is 32.1. The molecule has 7 aromatic carbocycles. The van der Waals surface area contributed by atoms with E-state index in [0.29, 0.717) is 0 Å². The van der Waals surface area contributed by atoms with E-state index in [-0.39, 0.29) is 17.5 Å². The molecular weight excluding hydrogens is 892 g/mol. The van der Waals surface area contributed by atoms with Crippen LogP contribution in [0.5, 0.6) is 0 Å². The third kappa shape index (κ3) is 6.33. The minimum atomic E-state index is -0.0292. The number of hydrogen-bond acceptors (Lipinski definition) is 6. The molecule has 344 valence electrons. The van der Waals surface area contributed by atoms with Gasteiger partial charge in [0.25, 0.3) is 6.71 Å². The van der Waals surface area contributed by atoms with Crippen LogP contribution in [-0.2, 0) is 10.8 Å². The van der Waals surface area contributed by atoms with Crippen molar-refractivity contribution in [1.29, 1.82) is 0 Å². The molecule has 4 aromatic heterocycles. The molecule has 0 spiro atoms. The predicted molar refractivity (Wildman–Crippen MR) is 303 cm³/mol. The average Bonchev–Trinajstić information content (AvgIpc) is 4.12. The van der Waals surface area contributed by atoms with Gasteiger partial charge in [-0.2, -0.15) is 0 Å². The number of nitrogens with zero attached hydrogens (tertiary/aromatic N) is 2. The molecule has 0 aliphatic carbocycles. The third-order valence-corrected chi connectivity index (χ3v) is 17.7. The first-order chi connectivity index (χ1) is 33.5. The zero-order valence-corrected chi connectivity index (χ0v) is 43.4. The molecule has 4 nitrogen and oxygen atoms in total. The van der Waals surface area contributed by atoms with Crippen LogP contribution in [0.2, 0.25) is 0 Å². The maximum atomic E-state index is 6.66. The van der Waals surface area contributed by atoms with Gasteiger partial charge in [0.2, 0.25) is 0 Å². The molecule has 0 saturated heterocycles. The number of hydrogen-bond donors (Lipinski definition) is 0. The number of benzene rings is 7. The maximum Gasteiger partial charge on any atom is 0.277 e. The molecule has 11 aromatic rings. The number of furan rings is 2. The quantitative estimate of drug-likeness (QED) is 0.165. The van der Waals surface area contributed by atoms with E-state index in [9.17, 15) is 0 Å². The van der Waals surface area contributed by atoms with Gasteiger partial charge in [0, 0.05) is 63.0 Å². The SMILES string of the molecule is Cc1cc2c3c(c1)N(c1c(C)ccc(-c4cc5ccccc5o4)c1C)c1c(sc4ccc(C(C)(C)C)cc14)B3c1sc3ccc(C(C)(C)C)cc3c1N2c1c(C)ccc(-c2cc3ccccc3o2)c1C. The van der Waals surface area contributed by atoms with E-state index < -0.39 is 0 Å². The Balaban J connectivity index is 1.15. The highest BCUT2D eigenvalue weighted by Gasteiger charge is 2.48.